The molecule has 2 heterocycles. The van der Waals surface area contributed by atoms with Crippen molar-refractivity contribution in [1.29, 1.82) is 0 Å². The second-order valence-corrected chi connectivity index (χ2v) is 5.80. The van der Waals surface area contributed by atoms with E-state index in [1.807, 2.05) is 27.7 Å². The minimum Gasteiger partial charge on any atom is -0.379 e. The van der Waals surface area contributed by atoms with Crippen LogP contribution in [0.15, 0.2) is 12.1 Å². The third-order valence-corrected chi connectivity index (χ3v) is 3.97. The van der Waals surface area contributed by atoms with E-state index in [0.29, 0.717) is 0 Å². The van der Waals surface area contributed by atoms with Gasteiger partial charge in [-0.25, -0.2) is 4.98 Å². The molecule has 1 fully saturated rings. The number of ether oxygens (including phenoxy) is 1. The number of hydrogen-bond donors (Lipinski definition) is 2. The number of morpholine rings is 1. The van der Waals surface area contributed by atoms with Crippen LogP contribution in [0.2, 0.25) is 0 Å². The molecule has 5 nitrogen and oxygen atoms in total. The first-order valence-corrected chi connectivity index (χ1v) is 9.73. The lowest BCUT2D eigenvalue weighted by atomic mass is 10.1. The maximum Gasteiger partial charge on any atom is 0.201 e. The van der Waals surface area contributed by atoms with Crippen molar-refractivity contribution in [2.75, 3.05) is 44.7 Å². The van der Waals surface area contributed by atoms with Crippen LogP contribution < -0.4 is 5.32 Å². The van der Waals surface area contributed by atoms with Gasteiger partial charge in [-0.05, 0) is 44.0 Å². The number of aromatic amines is 1. The van der Waals surface area contributed by atoms with Gasteiger partial charge in [-0.3, -0.25) is 4.90 Å². The van der Waals surface area contributed by atoms with Crippen molar-refractivity contribution in [2.45, 2.75) is 48.0 Å². The molecule has 142 valence electrons. The van der Waals surface area contributed by atoms with E-state index in [9.17, 15) is 0 Å². The quantitative estimate of drug-likeness (QED) is 0.788. The summed E-state index contributed by atoms with van der Waals surface area (Å²) in [6.45, 7) is 18.1. The number of aromatic nitrogens is 2. The van der Waals surface area contributed by atoms with Crippen molar-refractivity contribution in [2.24, 2.45) is 0 Å². The third kappa shape index (κ3) is 6.67. The molecular formula is C20H36N4O. The summed E-state index contributed by atoms with van der Waals surface area (Å²) in [4.78, 5) is 10.5. The van der Waals surface area contributed by atoms with Gasteiger partial charge in [0.1, 0.15) is 0 Å². The highest BCUT2D eigenvalue weighted by Gasteiger charge is 2.09. The standard InChI is InChI=1S/C16H24N4O.2C2H6/c1-12-10-13(2)15-14(11-12)18-16(19-15)17-4-3-5-20-6-8-21-9-7-20;2*1-2/h10-11H,3-9H2,1-2H3,(H2,17,18,19);2*1-2H3. The van der Waals surface area contributed by atoms with Crippen LogP contribution in [0.4, 0.5) is 5.95 Å². The van der Waals surface area contributed by atoms with Crippen LogP contribution >= 0.6 is 0 Å². The summed E-state index contributed by atoms with van der Waals surface area (Å²) in [5, 5.41) is 3.40. The summed E-state index contributed by atoms with van der Waals surface area (Å²) < 4.78 is 5.36. The second-order valence-electron chi connectivity index (χ2n) is 5.80. The molecule has 1 saturated heterocycles. The molecular weight excluding hydrogens is 312 g/mol. The van der Waals surface area contributed by atoms with E-state index in [1.54, 1.807) is 0 Å². The van der Waals surface area contributed by atoms with Crippen molar-refractivity contribution in [3.63, 3.8) is 0 Å². The predicted octanol–water partition coefficient (Wildman–Crippen LogP) is 4.37. The molecule has 2 aromatic rings. The first-order valence-electron chi connectivity index (χ1n) is 9.73. The number of nitrogens with one attached hydrogen (secondary N) is 2. The predicted molar refractivity (Wildman–Crippen MR) is 109 cm³/mol. The van der Waals surface area contributed by atoms with E-state index in [-0.39, 0.29) is 0 Å². The summed E-state index contributed by atoms with van der Waals surface area (Å²) in [5.74, 6) is 0.876. The van der Waals surface area contributed by atoms with Crippen molar-refractivity contribution in [3.05, 3.63) is 23.3 Å². The molecule has 1 aliphatic heterocycles. The van der Waals surface area contributed by atoms with Crippen LogP contribution in [0.3, 0.4) is 0 Å². The van der Waals surface area contributed by atoms with Gasteiger partial charge < -0.3 is 15.0 Å². The van der Waals surface area contributed by atoms with Gasteiger partial charge in [0, 0.05) is 19.6 Å². The van der Waals surface area contributed by atoms with Gasteiger partial charge in [0.2, 0.25) is 5.95 Å². The average Bonchev–Trinajstić information content (AvgIpc) is 3.06. The van der Waals surface area contributed by atoms with Gasteiger partial charge in [-0.1, -0.05) is 33.8 Å². The molecule has 3 rings (SSSR count). The molecule has 0 radical (unpaired) electrons. The van der Waals surface area contributed by atoms with Crippen LogP contribution in [0, 0.1) is 13.8 Å². The highest BCUT2D eigenvalue weighted by molar-refractivity contribution is 5.81. The van der Waals surface area contributed by atoms with Crippen molar-refractivity contribution < 1.29 is 4.74 Å². The lowest BCUT2D eigenvalue weighted by Gasteiger charge is -2.26. The third-order valence-electron chi connectivity index (χ3n) is 3.97. The lowest BCUT2D eigenvalue weighted by Crippen LogP contribution is -2.37. The van der Waals surface area contributed by atoms with Gasteiger partial charge in [0.25, 0.3) is 0 Å². The number of fused-ring (bicyclic) bond motifs is 1. The zero-order valence-electron chi connectivity index (χ0n) is 16.9. The van der Waals surface area contributed by atoms with Gasteiger partial charge in [-0.2, -0.15) is 0 Å². The zero-order chi connectivity index (χ0) is 18.7. The molecule has 1 aliphatic rings. The Kier molecular flexibility index (Phi) is 10.2. The van der Waals surface area contributed by atoms with E-state index >= 15 is 0 Å². The van der Waals surface area contributed by atoms with Gasteiger partial charge in [0.05, 0.1) is 24.2 Å². The van der Waals surface area contributed by atoms with Crippen molar-refractivity contribution >= 4 is 17.0 Å². The Bertz CT molecular complexity index is 603. The highest BCUT2D eigenvalue weighted by atomic mass is 16.5. The van der Waals surface area contributed by atoms with Crippen LogP contribution in [0.25, 0.3) is 11.0 Å². The Morgan fingerprint density at radius 1 is 1.12 bits per heavy atom. The molecule has 5 heteroatoms. The molecule has 0 unspecified atom stereocenters. The molecule has 0 saturated carbocycles. The lowest BCUT2D eigenvalue weighted by molar-refractivity contribution is 0.0378. The zero-order valence-corrected chi connectivity index (χ0v) is 16.9. The van der Waals surface area contributed by atoms with Gasteiger partial charge >= 0.3 is 0 Å². The van der Waals surface area contributed by atoms with E-state index < -0.39 is 0 Å². The fraction of sp³-hybridized carbons (Fsp3) is 0.650. The Labute approximate surface area is 153 Å². The van der Waals surface area contributed by atoms with E-state index in [1.165, 1.54) is 11.1 Å². The van der Waals surface area contributed by atoms with Gasteiger partial charge in [-0.15, -0.1) is 0 Å². The number of nitrogens with zero attached hydrogens (tertiary/aromatic N) is 2. The number of imidazole rings is 1. The SMILES string of the molecule is CC.CC.Cc1cc(C)c2nc(NCCCN3CCOCC3)[nH]c2c1. The van der Waals surface area contributed by atoms with Crippen LogP contribution in [0.5, 0.6) is 0 Å². The number of aryl methyl sites for hydroxylation is 2. The molecule has 25 heavy (non-hydrogen) atoms. The van der Waals surface area contributed by atoms with Crippen LogP contribution in [-0.4, -0.2) is 54.3 Å². The Balaban J connectivity index is 0.000000730. The Morgan fingerprint density at radius 2 is 1.80 bits per heavy atom. The first-order chi connectivity index (χ1) is 12.2. The summed E-state index contributed by atoms with van der Waals surface area (Å²) >= 11 is 0. The molecule has 0 atom stereocenters. The Hall–Kier alpha value is -1.59. The smallest absolute Gasteiger partial charge is 0.201 e. The maximum absolute atomic E-state index is 5.36. The normalized spacial score (nSPS) is 14.3. The topological polar surface area (TPSA) is 53.2 Å². The number of H-pyrrole nitrogens is 1. The first kappa shape index (κ1) is 21.5. The fourth-order valence-corrected chi connectivity index (χ4v) is 2.89. The molecule has 0 aliphatic carbocycles. The van der Waals surface area contributed by atoms with E-state index in [0.717, 1.165) is 62.8 Å². The molecule has 2 N–H and O–H groups in total. The largest absolute Gasteiger partial charge is 0.379 e. The van der Waals surface area contributed by atoms with Crippen molar-refractivity contribution in [3.8, 4) is 0 Å². The minimum absolute atomic E-state index is 0.871. The summed E-state index contributed by atoms with van der Waals surface area (Å²) in [7, 11) is 0. The number of benzene rings is 1. The molecule has 1 aromatic heterocycles. The summed E-state index contributed by atoms with van der Waals surface area (Å²) in [6, 6.07) is 4.32. The van der Waals surface area contributed by atoms with Gasteiger partial charge in [0.15, 0.2) is 0 Å². The molecule has 1 aromatic carbocycles. The number of hydrogen-bond acceptors (Lipinski definition) is 4. The fourth-order valence-electron chi connectivity index (χ4n) is 2.89. The number of anilines is 1. The van der Waals surface area contributed by atoms with Crippen molar-refractivity contribution in [1.82, 2.24) is 14.9 Å². The molecule has 0 amide bonds. The van der Waals surface area contributed by atoms with Crippen LogP contribution in [-0.2, 0) is 4.74 Å². The second kappa shape index (κ2) is 11.9. The minimum atomic E-state index is 0.871. The molecule has 0 bridgehead atoms. The van der Waals surface area contributed by atoms with Crippen LogP contribution in [0.1, 0.15) is 45.2 Å². The highest BCUT2D eigenvalue weighted by Crippen LogP contribution is 2.20. The summed E-state index contributed by atoms with van der Waals surface area (Å²) in [5.41, 5.74) is 4.67. The van der Waals surface area contributed by atoms with E-state index in [2.05, 4.69) is 46.2 Å². The number of rotatable bonds is 5. The average molecular weight is 349 g/mol. The van der Waals surface area contributed by atoms with E-state index in [4.69, 9.17) is 4.74 Å². The monoisotopic (exact) mass is 348 g/mol. The summed E-state index contributed by atoms with van der Waals surface area (Å²) in [6.07, 6.45) is 1.12. The Morgan fingerprint density at radius 3 is 2.48 bits per heavy atom. The maximum atomic E-state index is 5.36. The molecule has 0 spiro atoms.